The molecule has 1 saturated heterocycles. The summed E-state index contributed by atoms with van der Waals surface area (Å²) < 4.78 is 0.818. The molecule has 0 bridgehead atoms. The van der Waals surface area contributed by atoms with Crippen LogP contribution in [0, 0.1) is 11.3 Å². The standard InChI is InChI=1S/C9H18S2/c1-7-5-10-8(11-6-7)9(2,3)4/h7-8H,5-6H2,1-4H3. The van der Waals surface area contributed by atoms with Crippen LogP contribution >= 0.6 is 23.5 Å². The molecule has 0 aliphatic carbocycles. The van der Waals surface area contributed by atoms with Gasteiger partial charge in [0.15, 0.2) is 0 Å². The van der Waals surface area contributed by atoms with Crippen molar-refractivity contribution in [2.75, 3.05) is 11.5 Å². The molecule has 0 aromatic heterocycles. The van der Waals surface area contributed by atoms with Crippen LogP contribution in [0.25, 0.3) is 0 Å². The van der Waals surface area contributed by atoms with Gasteiger partial charge in [-0.15, -0.1) is 23.5 Å². The fraction of sp³-hybridized carbons (Fsp3) is 1.00. The predicted octanol–water partition coefficient (Wildman–Crippen LogP) is 3.47. The Balaban J connectivity index is 2.39. The number of hydrogen-bond donors (Lipinski definition) is 0. The molecule has 0 N–H and O–H groups in total. The van der Waals surface area contributed by atoms with Gasteiger partial charge in [0.2, 0.25) is 0 Å². The minimum atomic E-state index is 0.482. The Morgan fingerprint density at radius 1 is 1.09 bits per heavy atom. The Bertz CT molecular complexity index is 118. The number of rotatable bonds is 0. The van der Waals surface area contributed by atoms with E-state index >= 15 is 0 Å². The maximum absolute atomic E-state index is 2.35. The first-order valence-electron chi connectivity index (χ1n) is 4.23. The third-order valence-electron chi connectivity index (χ3n) is 1.77. The van der Waals surface area contributed by atoms with Crippen LogP contribution in [0.1, 0.15) is 27.7 Å². The van der Waals surface area contributed by atoms with E-state index in [1.54, 1.807) is 0 Å². The second kappa shape index (κ2) is 3.61. The van der Waals surface area contributed by atoms with E-state index in [1.807, 2.05) is 0 Å². The molecule has 0 unspecified atom stereocenters. The van der Waals surface area contributed by atoms with Gasteiger partial charge in [-0.3, -0.25) is 0 Å². The summed E-state index contributed by atoms with van der Waals surface area (Å²) in [7, 11) is 0. The molecule has 0 nitrogen and oxygen atoms in total. The van der Waals surface area contributed by atoms with E-state index in [2.05, 4.69) is 51.2 Å². The van der Waals surface area contributed by atoms with E-state index in [1.165, 1.54) is 11.5 Å². The lowest BCUT2D eigenvalue weighted by Gasteiger charge is -2.34. The summed E-state index contributed by atoms with van der Waals surface area (Å²) in [6.45, 7) is 9.37. The zero-order chi connectivity index (χ0) is 8.48. The minimum Gasteiger partial charge on any atom is -0.147 e. The van der Waals surface area contributed by atoms with Crippen LogP contribution in [-0.2, 0) is 0 Å². The Morgan fingerprint density at radius 3 is 1.91 bits per heavy atom. The first-order valence-corrected chi connectivity index (χ1v) is 6.33. The predicted molar refractivity (Wildman–Crippen MR) is 57.3 cm³/mol. The second-order valence-electron chi connectivity index (χ2n) is 4.47. The van der Waals surface area contributed by atoms with Crippen molar-refractivity contribution in [1.29, 1.82) is 0 Å². The van der Waals surface area contributed by atoms with Crippen molar-refractivity contribution in [2.24, 2.45) is 11.3 Å². The molecular weight excluding hydrogens is 172 g/mol. The molecule has 0 aromatic carbocycles. The molecule has 1 fully saturated rings. The van der Waals surface area contributed by atoms with Crippen molar-refractivity contribution in [3.63, 3.8) is 0 Å². The lowest BCUT2D eigenvalue weighted by molar-refractivity contribution is 0.456. The molecule has 66 valence electrons. The summed E-state index contributed by atoms with van der Waals surface area (Å²) in [4.78, 5) is 0. The molecular formula is C9H18S2. The lowest BCUT2D eigenvalue weighted by atomic mass is 10.00. The Hall–Kier alpha value is 0.700. The van der Waals surface area contributed by atoms with Crippen LogP contribution in [0.5, 0.6) is 0 Å². The van der Waals surface area contributed by atoms with Crippen molar-refractivity contribution >= 4 is 23.5 Å². The molecule has 0 aromatic rings. The molecule has 1 heterocycles. The van der Waals surface area contributed by atoms with E-state index < -0.39 is 0 Å². The van der Waals surface area contributed by atoms with Crippen LogP contribution in [0.15, 0.2) is 0 Å². The van der Waals surface area contributed by atoms with Gasteiger partial charge in [0.05, 0.1) is 4.58 Å². The summed E-state index contributed by atoms with van der Waals surface area (Å²) in [5.74, 6) is 3.63. The lowest BCUT2D eigenvalue weighted by Crippen LogP contribution is -2.26. The summed E-state index contributed by atoms with van der Waals surface area (Å²) >= 11 is 4.28. The highest BCUT2D eigenvalue weighted by atomic mass is 32.2. The molecule has 0 atom stereocenters. The fourth-order valence-electron chi connectivity index (χ4n) is 1.10. The van der Waals surface area contributed by atoms with E-state index in [4.69, 9.17) is 0 Å². The fourth-order valence-corrected chi connectivity index (χ4v) is 4.35. The topological polar surface area (TPSA) is 0 Å². The van der Waals surface area contributed by atoms with Crippen molar-refractivity contribution in [3.8, 4) is 0 Å². The maximum atomic E-state index is 2.35. The third kappa shape index (κ3) is 2.90. The van der Waals surface area contributed by atoms with Crippen molar-refractivity contribution in [3.05, 3.63) is 0 Å². The molecule has 1 rings (SSSR count). The normalized spacial score (nSPS) is 33.8. The molecule has 0 radical (unpaired) electrons. The van der Waals surface area contributed by atoms with Gasteiger partial charge < -0.3 is 0 Å². The Labute approximate surface area is 78.9 Å². The van der Waals surface area contributed by atoms with Gasteiger partial charge >= 0.3 is 0 Å². The smallest absolute Gasteiger partial charge is 0.0550 e. The highest BCUT2D eigenvalue weighted by molar-refractivity contribution is 8.17. The summed E-state index contributed by atoms with van der Waals surface area (Å²) in [5, 5.41) is 0. The van der Waals surface area contributed by atoms with Gasteiger partial charge in [-0.1, -0.05) is 27.7 Å². The average molecular weight is 190 g/mol. The molecule has 0 spiro atoms. The van der Waals surface area contributed by atoms with Crippen LogP contribution in [0.3, 0.4) is 0 Å². The SMILES string of the molecule is CC1CSC(C(C)(C)C)SC1. The summed E-state index contributed by atoms with van der Waals surface area (Å²) in [5.41, 5.74) is 0.482. The van der Waals surface area contributed by atoms with Gasteiger partial charge in [-0.2, -0.15) is 0 Å². The monoisotopic (exact) mass is 190 g/mol. The first kappa shape index (κ1) is 9.79. The van der Waals surface area contributed by atoms with Crippen LogP contribution in [-0.4, -0.2) is 16.1 Å². The van der Waals surface area contributed by atoms with Crippen LogP contribution in [0.4, 0.5) is 0 Å². The van der Waals surface area contributed by atoms with E-state index in [0.29, 0.717) is 5.41 Å². The zero-order valence-electron chi connectivity index (χ0n) is 7.89. The highest BCUT2D eigenvalue weighted by Gasteiger charge is 2.29. The molecule has 1 aliphatic rings. The average Bonchev–Trinajstić information content (AvgIpc) is 1.86. The molecule has 0 saturated carbocycles. The van der Waals surface area contributed by atoms with Gasteiger partial charge in [-0.05, 0) is 22.8 Å². The molecule has 0 amide bonds. The second-order valence-corrected chi connectivity index (χ2v) is 7.04. The van der Waals surface area contributed by atoms with E-state index in [-0.39, 0.29) is 0 Å². The van der Waals surface area contributed by atoms with Gasteiger partial charge in [0.25, 0.3) is 0 Å². The maximum Gasteiger partial charge on any atom is 0.0550 e. The third-order valence-corrected chi connectivity index (χ3v) is 6.13. The quantitative estimate of drug-likeness (QED) is 0.573. The van der Waals surface area contributed by atoms with E-state index in [0.717, 1.165) is 10.5 Å². The number of hydrogen-bond acceptors (Lipinski definition) is 2. The van der Waals surface area contributed by atoms with Crippen molar-refractivity contribution in [2.45, 2.75) is 32.3 Å². The Morgan fingerprint density at radius 2 is 1.55 bits per heavy atom. The molecule has 1 aliphatic heterocycles. The Kier molecular flexibility index (Phi) is 3.21. The molecule has 11 heavy (non-hydrogen) atoms. The largest absolute Gasteiger partial charge is 0.147 e. The van der Waals surface area contributed by atoms with Gasteiger partial charge in [0, 0.05) is 0 Å². The minimum absolute atomic E-state index is 0.482. The number of thioether (sulfide) groups is 2. The van der Waals surface area contributed by atoms with Crippen molar-refractivity contribution < 1.29 is 0 Å². The van der Waals surface area contributed by atoms with Gasteiger partial charge in [0.1, 0.15) is 0 Å². The van der Waals surface area contributed by atoms with E-state index in [9.17, 15) is 0 Å². The summed E-state index contributed by atoms with van der Waals surface area (Å²) in [6, 6.07) is 0. The molecule has 2 heteroatoms. The zero-order valence-corrected chi connectivity index (χ0v) is 9.52. The first-order chi connectivity index (χ1) is 5.00. The van der Waals surface area contributed by atoms with Crippen molar-refractivity contribution in [1.82, 2.24) is 0 Å². The van der Waals surface area contributed by atoms with Crippen LogP contribution in [0.2, 0.25) is 0 Å². The van der Waals surface area contributed by atoms with Gasteiger partial charge in [-0.25, -0.2) is 0 Å². The highest BCUT2D eigenvalue weighted by Crippen LogP contribution is 2.43. The van der Waals surface area contributed by atoms with Crippen LogP contribution < -0.4 is 0 Å². The summed E-state index contributed by atoms with van der Waals surface area (Å²) in [6.07, 6.45) is 0.